The van der Waals surface area contributed by atoms with E-state index >= 15 is 0 Å². The van der Waals surface area contributed by atoms with Crippen molar-refractivity contribution in [3.63, 3.8) is 0 Å². The Morgan fingerprint density at radius 3 is 2.69 bits per heavy atom. The van der Waals surface area contributed by atoms with Gasteiger partial charge in [0.1, 0.15) is 11.7 Å². The SMILES string of the molecule is CC(C)n1cc(CNc2cccc3c2C(=O)N(C2CCC(=O)NC2=O)C3=O)nn1. The van der Waals surface area contributed by atoms with Gasteiger partial charge in [-0.05, 0) is 32.4 Å². The van der Waals surface area contributed by atoms with Gasteiger partial charge in [-0.2, -0.15) is 0 Å². The predicted molar refractivity (Wildman–Crippen MR) is 101 cm³/mol. The molecule has 29 heavy (non-hydrogen) atoms. The molecule has 1 saturated heterocycles. The Morgan fingerprint density at radius 2 is 2.00 bits per heavy atom. The Morgan fingerprint density at radius 1 is 1.21 bits per heavy atom. The van der Waals surface area contributed by atoms with Crippen LogP contribution in [0.15, 0.2) is 24.4 Å². The van der Waals surface area contributed by atoms with Gasteiger partial charge < -0.3 is 5.32 Å². The molecule has 1 aromatic carbocycles. The van der Waals surface area contributed by atoms with E-state index in [2.05, 4.69) is 20.9 Å². The summed E-state index contributed by atoms with van der Waals surface area (Å²) in [5, 5.41) is 13.5. The first-order chi connectivity index (χ1) is 13.9. The van der Waals surface area contributed by atoms with E-state index in [9.17, 15) is 19.2 Å². The van der Waals surface area contributed by atoms with E-state index in [1.807, 2.05) is 20.0 Å². The maximum absolute atomic E-state index is 13.0. The van der Waals surface area contributed by atoms with Crippen LogP contribution < -0.4 is 10.6 Å². The number of anilines is 1. The standard InChI is InChI=1S/C19H20N6O4/c1-10(2)24-9-11(22-23-24)8-20-13-5-3-4-12-16(13)19(29)25(18(12)28)14-6-7-15(26)21-17(14)27/h3-5,9-10,14,20H,6-8H2,1-2H3,(H,21,26,27). The number of amides is 4. The molecule has 3 heterocycles. The summed E-state index contributed by atoms with van der Waals surface area (Å²) in [7, 11) is 0. The first-order valence-electron chi connectivity index (χ1n) is 9.36. The monoisotopic (exact) mass is 396 g/mol. The molecule has 150 valence electrons. The van der Waals surface area contributed by atoms with Crippen molar-refractivity contribution in [3.8, 4) is 0 Å². The maximum atomic E-state index is 13.0. The summed E-state index contributed by atoms with van der Waals surface area (Å²) in [6.07, 6.45) is 2.01. The molecule has 4 rings (SSSR count). The van der Waals surface area contributed by atoms with Crippen molar-refractivity contribution in [3.05, 3.63) is 41.2 Å². The zero-order chi connectivity index (χ0) is 20.7. The van der Waals surface area contributed by atoms with Gasteiger partial charge in [-0.25, -0.2) is 4.68 Å². The summed E-state index contributed by atoms with van der Waals surface area (Å²) in [6.45, 7) is 4.30. The van der Waals surface area contributed by atoms with Gasteiger partial charge in [0.05, 0.1) is 23.9 Å². The number of nitrogens with zero attached hydrogens (tertiary/aromatic N) is 4. The van der Waals surface area contributed by atoms with Gasteiger partial charge in [-0.3, -0.25) is 29.4 Å². The minimum atomic E-state index is -0.987. The topological polar surface area (TPSA) is 126 Å². The molecule has 2 aliphatic heterocycles. The van der Waals surface area contributed by atoms with Gasteiger partial charge in [-0.15, -0.1) is 5.10 Å². The van der Waals surface area contributed by atoms with Crippen molar-refractivity contribution in [1.29, 1.82) is 0 Å². The number of rotatable bonds is 5. The lowest BCUT2D eigenvalue weighted by Gasteiger charge is -2.27. The number of hydrogen-bond donors (Lipinski definition) is 2. The van der Waals surface area contributed by atoms with E-state index in [0.29, 0.717) is 17.9 Å². The van der Waals surface area contributed by atoms with E-state index in [0.717, 1.165) is 4.90 Å². The number of carbonyl (C=O) groups is 4. The van der Waals surface area contributed by atoms with E-state index in [1.54, 1.807) is 22.9 Å². The predicted octanol–water partition coefficient (Wildman–Crippen LogP) is 0.872. The fourth-order valence-corrected chi connectivity index (χ4v) is 3.49. The molecule has 1 atom stereocenters. The van der Waals surface area contributed by atoms with Gasteiger partial charge in [0, 0.05) is 18.2 Å². The van der Waals surface area contributed by atoms with Crippen molar-refractivity contribution in [2.45, 2.75) is 45.3 Å². The van der Waals surface area contributed by atoms with Gasteiger partial charge >= 0.3 is 0 Å². The highest BCUT2D eigenvalue weighted by molar-refractivity contribution is 6.25. The second kappa shape index (κ2) is 7.12. The summed E-state index contributed by atoms with van der Waals surface area (Å²) in [5.74, 6) is -2.11. The Balaban J connectivity index is 1.57. The average Bonchev–Trinajstić information content (AvgIpc) is 3.25. The zero-order valence-corrected chi connectivity index (χ0v) is 16.0. The first kappa shape index (κ1) is 18.8. The Labute approximate surface area is 166 Å². The molecule has 10 nitrogen and oxygen atoms in total. The maximum Gasteiger partial charge on any atom is 0.264 e. The Hall–Kier alpha value is -3.56. The quantitative estimate of drug-likeness (QED) is 0.718. The van der Waals surface area contributed by atoms with Crippen LogP contribution in [0.25, 0.3) is 0 Å². The number of carbonyl (C=O) groups excluding carboxylic acids is 4. The third-order valence-electron chi connectivity index (χ3n) is 5.01. The van der Waals surface area contributed by atoms with Gasteiger partial charge in [0.2, 0.25) is 11.8 Å². The molecule has 0 spiro atoms. The first-order valence-corrected chi connectivity index (χ1v) is 9.36. The molecule has 2 aromatic rings. The highest BCUT2D eigenvalue weighted by Gasteiger charge is 2.45. The fraction of sp³-hybridized carbons (Fsp3) is 0.368. The summed E-state index contributed by atoms with van der Waals surface area (Å²) in [4.78, 5) is 50.4. The van der Waals surface area contributed by atoms with Crippen molar-refractivity contribution in [1.82, 2.24) is 25.2 Å². The summed E-state index contributed by atoms with van der Waals surface area (Å²) in [5.41, 5.74) is 1.62. The minimum Gasteiger partial charge on any atom is -0.379 e. The molecular formula is C19H20N6O4. The third-order valence-corrected chi connectivity index (χ3v) is 5.01. The molecule has 1 fully saturated rings. The van der Waals surface area contributed by atoms with Crippen LogP contribution in [0.3, 0.4) is 0 Å². The molecule has 0 bridgehead atoms. The number of imide groups is 2. The highest BCUT2D eigenvalue weighted by atomic mass is 16.2. The lowest BCUT2D eigenvalue weighted by atomic mass is 10.0. The van der Waals surface area contributed by atoms with Gasteiger partial charge in [0.25, 0.3) is 11.8 Å². The van der Waals surface area contributed by atoms with Crippen molar-refractivity contribution < 1.29 is 19.2 Å². The van der Waals surface area contributed by atoms with Crippen LogP contribution in [0.1, 0.15) is 59.1 Å². The molecule has 0 radical (unpaired) electrons. The molecule has 2 N–H and O–H groups in total. The second-order valence-electron chi connectivity index (χ2n) is 7.31. The van der Waals surface area contributed by atoms with Crippen molar-refractivity contribution in [2.75, 3.05) is 5.32 Å². The molecule has 1 aromatic heterocycles. The Bertz CT molecular complexity index is 1030. The minimum absolute atomic E-state index is 0.0838. The zero-order valence-electron chi connectivity index (χ0n) is 16.0. The van der Waals surface area contributed by atoms with E-state index < -0.39 is 29.7 Å². The highest BCUT2D eigenvalue weighted by Crippen LogP contribution is 2.32. The molecule has 0 aliphatic carbocycles. The average molecular weight is 396 g/mol. The normalized spacial score (nSPS) is 19.0. The number of hydrogen-bond acceptors (Lipinski definition) is 7. The number of aromatic nitrogens is 3. The van der Waals surface area contributed by atoms with Gasteiger partial charge in [-0.1, -0.05) is 11.3 Å². The molecule has 4 amide bonds. The number of piperidine rings is 1. The smallest absolute Gasteiger partial charge is 0.264 e. The Kier molecular flexibility index (Phi) is 4.61. The molecule has 1 unspecified atom stereocenters. The number of benzene rings is 1. The fourth-order valence-electron chi connectivity index (χ4n) is 3.49. The van der Waals surface area contributed by atoms with Crippen LogP contribution in [-0.4, -0.2) is 49.6 Å². The second-order valence-corrected chi connectivity index (χ2v) is 7.31. The molecule has 2 aliphatic rings. The van der Waals surface area contributed by atoms with Crippen molar-refractivity contribution in [2.24, 2.45) is 0 Å². The number of fused-ring (bicyclic) bond motifs is 1. The van der Waals surface area contributed by atoms with E-state index in [1.165, 1.54) is 0 Å². The summed E-state index contributed by atoms with van der Waals surface area (Å²) in [6, 6.07) is 4.12. The van der Waals surface area contributed by atoms with E-state index in [4.69, 9.17) is 0 Å². The van der Waals surface area contributed by atoms with Crippen LogP contribution in [0.4, 0.5) is 5.69 Å². The van der Waals surface area contributed by atoms with E-state index in [-0.39, 0.29) is 30.0 Å². The van der Waals surface area contributed by atoms with Crippen LogP contribution >= 0.6 is 0 Å². The third kappa shape index (κ3) is 3.26. The lowest BCUT2D eigenvalue weighted by molar-refractivity contribution is -0.136. The van der Waals surface area contributed by atoms with Crippen LogP contribution in [-0.2, 0) is 16.1 Å². The molecular weight excluding hydrogens is 376 g/mol. The summed E-state index contributed by atoms with van der Waals surface area (Å²) >= 11 is 0. The van der Waals surface area contributed by atoms with Crippen LogP contribution in [0.2, 0.25) is 0 Å². The lowest BCUT2D eigenvalue weighted by Crippen LogP contribution is -2.54. The molecule has 0 saturated carbocycles. The number of nitrogens with one attached hydrogen (secondary N) is 2. The van der Waals surface area contributed by atoms with Crippen LogP contribution in [0.5, 0.6) is 0 Å². The molecule has 10 heteroatoms. The summed E-state index contributed by atoms with van der Waals surface area (Å²) < 4.78 is 1.73. The van der Waals surface area contributed by atoms with Crippen LogP contribution in [0, 0.1) is 0 Å². The van der Waals surface area contributed by atoms with Gasteiger partial charge in [0.15, 0.2) is 0 Å². The largest absolute Gasteiger partial charge is 0.379 e. The van der Waals surface area contributed by atoms with Crippen molar-refractivity contribution >= 4 is 29.3 Å².